The predicted octanol–water partition coefficient (Wildman–Crippen LogP) is 1.86. The summed E-state index contributed by atoms with van der Waals surface area (Å²) in [5.41, 5.74) is 0. The molecule has 3 atom stereocenters. The lowest BCUT2D eigenvalue weighted by atomic mass is 9.85. The van der Waals surface area contributed by atoms with Gasteiger partial charge in [-0.05, 0) is 31.6 Å². The van der Waals surface area contributed by atoms with Crippen molar-refractivity contribution in [1.29, 1.82) is 0 Å². The van der Waals surface area contributed by atoms with Gasteiger partial charge < -0.3 is 10.1 Å². The van der Waals surface area contributed by atoms with Gasteiger partial charge in [-0.2, -0.15) is 0 Å². The molecule has 1 aliphatic carbocycles. The molecule has 1 heterocycles. The van der Waals surface area contributed by atoms with Crippen molar-refractivity contribution in [2.24, 2.45) is 5.92 Å². The zero-order valence-electron chi connectivity index (χ0n) is 9.50. The standard InChI is InChI=1S/C12H21NO2/c1-15-12(14)7-6-10-8-9-4-2-3-5-11(9)13-10/h9-11,13H,2-8H2,1H3. The molecule has 2 fully saturated rings. The molecule has 1 aliphatic heterocycles. The molecule has 2 aliphatic rings. The molecular formula is C12H21NO2. The molecule has 0 amide bonds. The molecule has 15 heavy (non-hydrogen) atoms. The Balaban J connectivity index is 1.74. The first kappa shape index (κ1) is 10.9. The van der Waals surface area contributed by atoms with E-state index in [-0.39, 0.29) is 5.97 Å². The van der Waals surface area contributed by atoms with Gasteiger partial charge in [0.1, 0.15) is 0 Å². The van der Waals surface area contributed by atoms with E-state index in [0.717, 1.165) is 18.4 Å². The van der Waals surface area contributed by atoms with Crippen molar-refractivity contribution in [1.82, 2.24) is 5.32 Å². The fourth-order valence-electron chi connectivity index (χ4n) is 3.04. The van der Waals surface area contributed by atoms with Crippen molar-refractivity contribution < 1.29 is 9.53 Å². The SMILES string of the molecule is COC(=O)CCC1CC2CCCCC2N1. The fourth-order valence-corrected chi connectivity index (χ4v) is 3.04. The first-order chi connectivity index (χ1) is 7.29. The highest BCUT2D eigenvalue weighted by Gasteiger charge is 2.34. The van der Waals surface area contributed by atoms with E-state index in [1.54, 1.807) is 0 Å². The molecule has 0 aromatic heterocycles. The molecule has 1 saturated heterocycles. The van der Waals surface area contributed by atoms with Crippen molar-refractivity contribution in [3.63, 3.8) is 0 Å². The minimum atomic E-state index is -0.0772. The number of esters is 1. The number of ether oxygens (including phenoxy) is 1. The molecule has 1 N–H and O–H groups in total. The second kappa shape index (κ2) is 4.97. The van der Waals surface area contributed by atoms with Gasteiger partial charge in [-0.25, -0.2) is 0 Å². The van der Waals surface area contributed by atoms with Crippen LogP contribution in [0.1, 0.15) is 44.9 Å². The van der Waals surface area contributed by atoms with Crippen LogP contribution in [-0.2, 0) is 9.53 Å². The molecule has 3 heteroatoms. The lowest BCUT2D eigenvalue weighted by Gasteiger charge is -2.24. The minimum Gasteiger partial charge on any atom is -0.469 e. The van der Waals surface area contributed by atoms with Crippen molar-refractivity contribution in [3.05, 3.63) is 0 Å². The van der Waals surface area contributed by atoms with Crippen LogP contribution in [0, 0.1) is 5.92 Å². The van der Waals surface area contributed by atoms with Gasteiger partial charge in [-0.1, -0.05) is 12.8 Å². The Kier molecular flexibility index (Phi) is 3.62. The van der Waals surface area contributed by atoms with Gasteiger partial charge in [0.05, 0.1) is 7.11 Å². The monoisotopic (exact) mass is 211 g/mol. The highest BCUT2D eigenvalue weighted by molar-refractivity contribution is 5.69. The van der Waals surface area contributed by atoms with Crippen LogP contribution in [0.2, 0.25) is 0 Å². The Morgan fingerprint density at radius 2 is 2.20 bits per heavy atom. The average Bonchev–Trinajstić information content (AvgIpc) is 2.68. The summed E-state index contributed by atoms with van der Waals surface area (Å²) in [5.74, 6) is 0.799. The molecule has 3 unspecified atom stereocenters. The van der Waals surface area contributed by atoms with Crippen LogP contribution < -0.4 is 5.32 Å². The van der Waals surface area contributed by atoms with Crippen LogP contribution in [0.15, 0.2) is 0 Å². The Hall–Kier alpha value is -0.570. The van der Waals surface area contributed by atoms with E-state index in [0.29, 0.717) is 12.5 Å². The maximum Gasteiger partial charge on any atom is 0.305 e. The molecule has 3 nitrogen and oxygen atoms in total. The number of fused-ring (bicyclic) bond motifs is 1. The van der Waals surface area contributed by atoms with Crippen LogP contribution in [0.25, 0.3) is 0 Å². The molecule has 86 valence electrons. The Morgan fingerprint density at radius 1 is 1.40 bits per heavy atom. The third kappa shape index (κ3) is 2.71. The number of rotatable bonds is 3. The third-order valence-electron chi connectivity index (χ3n) is 3.87. The summed E-state index contributed by atoms with van der Waals surface area (Å²) < 4.78 is 4.66. The molecule has 2 rings (SSSR count). The van der Waals surface area contributed by atoms with Gasteiger partial charge in [0.15, 0.2) is 0 Å². The number of carbonyl (C=O) groups excluding carboxylic acids is 1. The first-order valence-corrected chi connectivity index (χ1v) is 6.12. The van der Waals surface area contributed by atoms with Gasteiger partial charge in [0.2, 0.25) is 0 Å². The highest BCUT2D eigenvalue weighted by atomic mass is 16.5. The molecular weight excluding hydrogens is 190 g/mol. The molecule has 0 radical (unpaired) electrons. The Morgan fingerprint density at radius 3 is 2.93 bits per heavy atom. The maximum atomic E-state index is 11.0. The lowest BCUT2D eigenvalue weighted by molar-refractivity contribution is -0.140. The summed E-state index contributed by atoms with van der Waals surface area (Å²) in [5, 5.41) is 3.66. The van der Waals surface area contributed by atoms with E-state index < -0.39 is 0 Å². The summed E-state index contributed by atoms with van der Waals surface area (Å²) in [4.78, 5) is 11.0. The van der Waals surface area contributed by atoms with E-state index >= 15 is 0 Å². The van der Waals surface area contributed by atoms with Crippen molar-refractivity contribution in [2.45, 2.75) is 57.0 Å². The molecule has 0 bridgehead atoms. The average molecular weight is 211 g/mol. The van der Waals surface area contributed by atoms with E-state index in [1.807, 2.05) is 0 Å². The number of nitrogens with one attached hydrogen (secondary N) is 1. The number of hydrogen-bond acceptors (Lipinski definition) is 3. The van der Waals surface area contributed by atoms with Gasteiger partial charge >= 0.3 is 5.97 Å². The van der Waals surface area contributed by atoms with Crippen LogP contribution in [0.3, 0.4) is 0 Å². The van der Waals surface area contributed by atoms with Crippen LogP contribution in [-0.4, -0.2) is 25.2 Å². The summed E-state index contributed by atoms with van der Waals surface area (Å²) in [6, 6.07) is 1.29. The van der Waals surface area contributed by atoms with Crippen molar-refractivity contribution >= 4 is 5.97 Å². The largest absolute Gasteiger partial charge is 0.469 e. The Bertz CT molecular complexity index is 216. The summed E-state index contributed by atoms with van der Waals surface area (Å²) in [6.07, 6.45) is 8.26. The van der Waals surface area contributed by atoms with Gasteiger partial charge in [0.25, 0.3) is 0 Å². The number of hydrogen-bond donors (Lipinski definition) is 1. The smallest absolute Gasteiger partial charge is 0.305 e. The summed E-state index contributed by atoms with van der Waals surface area (Å²) >= 11 is 0. The number of methoxy groups -OCH3 is 1. The lowest BCUT2D eigenvalue weighted by Crippen LogP contribution is -2.33. The van der Waals surface area contributed by atoms with E-state index in [4.69, 9.17) is 0 Å². The van der Waals surface area contributed by atoms with Gasteiger partial charge in [-0.3, -0.25) is 4.79 Å². The maximum absolute atomic E-state index is 11.0. The van der Waals surface area contributed by atoms with E-state index in [2.05, 4.69) is 10.1 Å². The summed E-state index contributed by atoms with van der Waals surface area (Å²) in [7, 11) is 1.46. The second-order valence-corrected chi connectivity index (χ2v) is 4.87. The topological polar surface area (TPSA) is 38.3 Å². The van der Waals surface area contributed by atoms with Crippen LogP contribution in [0.4, 0.5) is 0 Å². The summed E-state index contributed by atoms with van der Waals surface area (Å²) in [6.45, 7) is 0. The van der Waals surface area contributed by atoms with Gasteiger partial charge in [-0.15, -0.1) is 0 Å². The normalized spacial score (nSPS) is 34.9. The zero-order chi connectivity index (χ0) is 10.7. The molecule has 0 aromatic rings. The third-order valence-corrected chi connectivity index (χ3v) is 3.87. The molecule has 0 spiro atoms. The molecule has 0 aromatic carbocycles. The van der Waals surface area contributed by atoms with Crippen molar-refractivity contribution in [2.75, 3.05) is 7.11 Å². The fraction of sp³-hybridized carbons (Fsp3) is 0.917. The van der Waals surface area contributed by atoms with Crippen LogP contribution in [0.5, 0.6) is 0 Å². The predicted molar refractivity (Wildman–Crippen MR) is 58.5 cm³/mol. The number of carbonyl (C=O) groups is 1. The van der Waals surface area contributed by atoms with Crippen LogP contribution >= 0.6 is 0 Å². The minimum absolute atomic E-state index is 0.0772. The second-order valence-electron chi connectivity index (χ2n) is 4.87. The molecule has 1 saturated carbocycles. The van der Waals surface area contributed by atoms with E-state index in [9.17, 15) is 4.79 Å². The first-order valence-electron chi connectivity index (χ1n) is 6.12. The highest BCUT2D eigenvalue weighted by Crippen LogP contribution is 2.34. The van der Waals surface area contributed by atoms with Gasteiger partial charge in [0, 0.05) is 18.5 Å². The zero-order valence-corrected chi connectivity index (χ0v) is 9.50. The van der Waals surface area contributed by atoms with E-state index in [1.165, 1.54) is 39.2 Å². The quantitative estimate of drug-likeness (QED) is 0.724. The Labute approximate surface area is 91.6 Å². The van der Waals surface area contributed by atoms with Crippen molar-refractivity contribution in [3.8, 4) is 0 Å².